The minimum Gasteiger partial charge on any atom is -0.491 e. The van der Waals surface area contributed by atoms with Crippen LogP contribution in [0.15, 0.2) is 48.5 Å². The van der Waals surface area contributed by atoms with Crippen LogP contribution in [0.1, 0.15) is 56.2 Å². The highest BCUT2D eigenvalue weighted by Gasteiger charge is 2.44. The van der Waals surface area contributed by atoms with Gasteiger partial charge in [0.2, 0.25) is 0 Å². The summed E-state index contributed by atoms with van der Waals surface area (Å²) < 4.78 is 11.5. The molecule has 0 amide bonds. The maximum absolute atomic E-state index is 12.9. The van der Waals surface area contributed by atoms with Crippen molar-refractivity contribution in [3.8, 4) is 5.75 Å². The second kappa shape index (κ2) is 11.0. The van der Waals surface area contributed by atoms with Gasteiger partial charge in [-0.1, -0.05) is 56.3 Å². The van der Waals surface area contributed by atoms with Crippen LogP contribution in [-0.4, -0.2) is 54.9 Å². The van der Waals surface area contributed by atoms with E-state index >= 15 is 0 Å². The Hall–Kier alpha value is -2.37. The number of carbonyl (C=O) groups excluding carboxylic acids is 1. The molecular formula is C27H37NO4. The number of likely N-dealkylation sites (tertiary alicyclic amines) is 1. The van der Waals surface area contributed by atoms with Gasteiger partial charge in [0, 0.05) is 6.54 Å². The molecule has 1 aliphatic rings. The molecule has 0 spiro atoms. The SMILES string of the molecule is CCOC(=O)C1(c2ccccc2)CCN(CC(O)COc2cc(C)ccc2C(C)C)CC1. The quantitative estimate of drug-likeness (QED) is 0.585. The summed E-state index contributed by atoms with van der Waals surface area (Å²) in [5.41, 5.74) is 2.71. The maximum Gasteiger partial charge on any atom is 0.316 e. The van der Waals surface area contributed by atoms with Gasteiger partial charge in [-0.15, -0.1) is 0 Å². The second-order valence-electron chi connectivity index (χ2n) is 9.13. The fourth-order valence-corrected chi connectivity index (χ4v) is 4.53. The molecule has 1 heterocycles. The summed E-state index contributed by atoms with van der Waals surface area (Å²) in [5.74, 6) is 1.07. The van der Waals surface area contributed by atoms with Crippen LogP contribution >= 0.6 is 0 Å². The molecule has 1 saturated heterocycles. The summed E-state index contributed by atoms with van der Waals surface area (Å²) in [6.45, 7) is 10.8. The Kier molecular flexibility index (Phi) is 8.32. The fraction of sp³-hybridized carbons (Fsp3) is 0.519. The van der Waals surface area contributed by atoms with E-state index in [4.69, 9.17) is 9.47 Å². The van der Waals surface area contributed by atoms with Crippen LogP contribution in [0.4, 0.5) is 0 Å². The Morgan fingerprint density at radius 2 is 1.81 bits per heavy atom. The van der Waals surface area contributed by atoms with E-state index in [1.54, 1.807) is 0 Å². The molecule has 5 heteroatoms. The molecule has 2 aromatic carbocycles. The van der Waals surface area contributed by atoms with Gasteiger partial charge >= 0.3 is 5.97 Å². The van der Waals surface area contributed by atoms with Gasteiger partial charge in [-0.25, -0.2) is 0 Å². The lowest BCUT2D eigenvalue weighted by Gasteiger charge is -2.40. The zero-order valence-electron chi connectivity index (χ0n) is 19.8. The lowest BCUT2D eigenvalue weighted by atomic mass is 9.72. The van der Waals surface area contributed by atoms with Gasteiger partial charge in [0.15, 0.2) is 0 Å². The first-order chi connectivity index (χ1) is 15.4. The van der Waals surface area contributed by atoms with Crippen LogP contribution in [-0.2, 0) is 14.9 Å². The maximum atomic E-state index is 12.9. The molecule has 1 fully saturated rings. The first kappa shape index (κ1) is 24.3. The first-order valence-corrected chi connectivity index (χ1v) is 11.7. The molecule has 3 rings (SSSR count). The van der Waals surface area contributed by atoms with Crippen molar-refractivity contribution >= 4 is 5.97 Å². The van der Waals surface area contributed by atoms with Gasteiger partial charge in [0.1, 0.15) is 18.5 Å². The Balaban J connectivity index is 1.59. The van der Waals surface area contributed by atoms with Gasteiger partial charge in [-0.05, 0) is 68.5 Å². The van der Waals surface area contributed by atoms with Crippen molar-refractivity contribution in [1.82, 2.24) is 4.90 Å². The van der Waals surface area contributed by atoms with E-state index in [-0.39, 0.29) is 12.6 Å². The van der Waals surface area contributed by atoms with Crippen LogP contribution in [0.25, 0.3) is 0 Å². The van der Waals surface area contributed by atoms with Gasteiger partial charge < -0.3 is 19.5 Å². The summed E-state index contributed by atoms with van der Waals surface area (Å²) in [7, 11) is 0. The third kappa shape index (κ3) is 5.70. The Morgan fingerprint density at radius 3 is 2.44 bits per heavy atom. The number of β-amino-alcohol motifs (C(OH)–C–C–N with tert-alkyl or cyclic N) is 1. The van der Waals surface area contributed by atoms with Crippen LogP contribution in [0.2, 0.25) is 0 Å². The van der Waals surface area contributed by atoms with Gasteiger partial charge in [-0.2, -0.15) is 0 Å². The zero-order valence-corrected chi connectivity index (χ0v) is 19.8. The molecule has 2 aromatic rings. The number of benzene rings is 2. The fourth-order valence-electron chi connectivity index (χ4n) is 4.53. The largest absolute Gasteiger partial charge is 0.491 e. The predicted octanol–water partition coefficient (Wildman–Crippen LogP) is 4.46. The number of aliphatic hydroxyl groups is 1. The second-order valence-corrected chi connectivity index (χ2v) is 9.13. The Morgan fingerprint density at radius 1 is 1.12 bits per heavy atom. The number of rotatable bonds is 9. The predicted molar refractivity (Wildman–Crippen MR) is 127 cm³/mol. The van der Waals surface area contributed by atoms with Crippen molar-refractivity contribution < 1.29 is 19.4 Å². The molecule has 1 atom stereocenters. The lowest BCUT2D eigenvalue weighted by Crippen LogP contribution is -2.50. The highest BCUT2D eigenvalue weighted by molar-refractivity contribution is 5.83. The third-order valence-corrected chi connectivity index (χ3v) is 6.39. The summed E-state index contributed by atoms with van der Waals surface area (Å²) in [6, 6.07) is 16.2. The van der Waals surface area contributed by atoms with Crippen molar-refractivity contribution in [2.24, 2.45) is 0 Å². The number of piperidine rings is 1. The van der Waals surface area contributed by atoms with Crippen LogP contribution < -0.4 is 4.74 Å². The average Bonchev–Trinajstić information content (AvgIpc) is 2.79. The molecule has 1 aliphatic heterocycles. The van der Waals surface area contributed by atoms with Crippen molar-refractivity contribution in [2.45, 2.75) is 58.0 Å². The first-order valence-electron chi connectivity index (χ1n) is 11.7. The van der Waals surface area contributed by atoms with Crippen molar-refractivity contribution in [3.05, 3.63) is 65.2 Å². The minimum absolute atomic E-state index is 0.143. The molecule has 32 heavy (non-hydrogen) atoms. The third-order valence-electron chi connectivity index (χ3n) is 6.39. The average molecular weight is 440 g/mol. The normalized spacial score (nSPS) is 17.2. The monoisotopic (exact) mass is 439 g/mol. The summed E-state index contributed by atoms with van der Waals surface area (Å²) in [6.07, 6.45) is 0.764. The number of esters is 1. The number of hydrogen-bond acceptors (Lipinski definition) is 5. The molecule has 0 radical (unpaired) electrons. The molecule has 0 aliphatic carbocycles. The minimum atomic E-state index is -0.608. The van der Waals surface area contributed by atoms with E-state index < -0.39 is 11.5 Å². The van der Waals surface area contributed by atoms with E-state index in [9.17, 15) is 9.90 Å². The summed E-state index contributed by atoms with van der Waals surface area (Å²) in [5, 5.41) is 10.6. The number of nitrogens with zero attached hydrogens (tertiary/aromatic N) is 1. The van der Waals surface area contributed by atoms with Crippen LogP contribution in [0, 0.1) is 6.92 Å². The van der Waals surface area contributed by atoms with Crippen molar-refractivity contribution in [2.75, 3.05) is 32.8 Å². The molecule has 174 valence electrons. The van der Waals surface area contributed by atoms with Gasteiger partial charge in [0.25, 0.3) is 0 Å². The molecule has 0 saturated carbocycles. The van der Waals surface area contributed by atoms with Gasteiger partial charge in [0.05, 0.1) is 12.0 Å². The molecule has 1 N–H and O–H groups in total. The Labute approximate surface area is 192 Å². The summed E-state index contributed by atoms with van der Waals surface area (Å²) in [4.78, 5) is 15.1. The number of hydrogen-bond donors (Lipinski definition) is 1. The van der Waals surface area contributed by atoms with E-state index in [0.29, 0.717) is 31.9 Å². The van der Waals surface area contributed by atoms with Crippen LogP contribution in [0.3, 0.4) is 0 Å². The summed E-state index contributed by atoms with van der Waals surface area (Å²) >= 11 is 0. The highest BCUT2D eigenvalue weighted by Crippen LogP contribution is 2.37. The number of carbonyl (C=O) groups is 1. The standard InChI is InChI=1S/C27H37NO4/c1-5-31-26(30)27(22-9-7-6-8-10-22)13-15-28(16-14-27)18-23(29)19-32-25-17-21(4)11-12-24(25)20(2)3/h6-12,17,20,23,29H,5,13-16,18-19H2,1-4H3. The molecule has 0 aromatic heterocycles. The van der Waals surface area contributed by atoms with Crippen LogP contribution in [0.5, 0.6) is 5.75 Å². The van der Waals surface area contributed by atoms with Crippen molar-refractivity contribution in [3.63, 3.8) is 0 Å². The lowest BCUT2D eigenvalue weighted by molar-refractivity contribution is -0.152. The number of aliphatic hydroxyl groups excluding tert-OH is 1. The van der Waals surface area contributed by atoms with E-state index in [2.05, 4.69) is 30.9 Å². The smallest absolute Gasteiger partial charge is 0.316 e. The van der Waals surface area contributed by atoms with E-state index in [1.165, 1.54) is 0 Å². The highest BCUT2D eigenvalue weighted by atomic mass is 16.5. The van der Waals surface area contributed by atoms with Gasteiger partial charge in [-0.3, -0.25) is 4.79 Å². The Bertz CT molecular complexity index is 872. The molecule has 0 bridgehead atoms. The number of aryl methyl sites for hydroxylation is 1. The number of ether oxygens (including phenoxy) is 2. The topological polar surface area (TPSA) is 59.0 Å². The van der Waals surface area contributed by atoms with E-state index in [1.807, 2.05) is 50.2 Å². The molecular weight excluding hydrogens is 402 g/mol. The van der Waals surface area contributed by atoms with Crippen molar-refractivity contribution in [1.29, 1.82) is 0 Å². The molecule has 5 nitrogen and oxygen atoms in total. The molecule has 1 unspecified atom stereocenters. The zero-order chi connectivity index (χ0) is 23.1. The van der Waals surface area contributed by atoms with E-state index in [0.717, 1.165) is 35.5 Å².